The molecule has 0 spiro atoms. The standard InChI is InChI=1S/C13H13ClN2O2S2/c1-8(17)15-3-5-16(6-4-15)12(18)11-10(14)9-2-7-19-13(9)20-11/h2,7H,3-6H2,1H3. The number of halogens is 1. The first-order valence-corrected chi connectivity index (χ1v) is 8.35. The molecule has 0 atom stereocenters. The van der Waals surface area contributed by atoms with Gasteiger partial charge in [-0.2, -0.15) is 0 Å². The summed E-state index contributed by atoms with van der Waals surface area (Å²) in [6.45, 7) is 3.89. The predicted octanol–water partition coefficient (Wildman–Crippen LogP) is 2.92. The van der Waals surface area contributed by atoms with E-state index in [0.717, 1.165) is 9.40 Å². The van der Waals surface area contributed by atoms with Gasteiger partial charge in [0.1, 0.15) is 4.88 Å². The first-order valence-electron chi connectivity index (χ1n) is 6.28. The van der Waals surface area contributed by atoms with E-state index in [4.69, 9.17) is 11.6 Å². The van der Waals surface area contributed by atoms with Gasteiger partial charge in [-0.15, -0.1) is 22.7 Å². The van der Waals surface area contributed by atoms with Gasteiger partial charge in [0.2, 0.25) is 5.91 Å². The Bertz CT molecular complexity index is 671. The quantitative estimate of drug-likeness (QED) is 0.807. The Morgan fingerprint density at radius 1 is 1.20 bits per heavy atom. The second-order valence-corrected chi connectivity index (χ2v) is 7.24. The van der Waals surface area contributed by atoms with Gasteiger partial charge in [0, 0.05) is 38.5 Å². The molecule has 0 saturated carbocycles. The Morgan fingerprint density at radius 2 is 1.85 bits per heavy atom. The molecular formula is C13H13ClN2O2S2. The highest BCUT2D eigenvalue weighted by Gasteiger charge is 2.26. The van der Waals surface area contributed by atoms with Crippen molar-refractivity contribution in [1.29, 1.82) is 0 Å². The summed E-state index contributed by atoms with van der Waals surface area (Å²) in [5, 5.41) is 3.50. The molecule has 1 fully saturated rings. The van der Waals surface area contributed by atoms with Crippen molar-refractivity contribution >= 4 is 55.5 Å². The predicted molar refractivity (Wildman–Crippen MR) is 82.9 cm³/mol. The molecule has 1 saturated heterocycles. The zero-order valence-electron chi connectivity index (χ0n) is 10.9. The lowest BCUT2D eigenvalue weighted by Crippen LogP contribution is -2.49. The van der Waals surface area contributed by atoms with Crippen LogP contribution >= 0.6 is 34.3 Å². The largest absolute Gasteiger partial charge is 0.339 e. The van der Waals surface area contributed by atoms with Crippen LogP contribution < -0.4 is 0 Å². The molecule has 3 heterocycles. The topological polar surface area (TPSA) is 40.6 Å². The average Bonchev–Trinajstić information content (AvgIpc) is 3.02. The summed E-state index contributed by atoms with van der Waals surface area (Å²) in [5.74, 6) is 0.0402. The molecule has 0 aliphatic carbocycles. The van der Waals surface area contributed by atoms with E-state index >= 15 is 0 Å². The van der Waals surface area contributed by atoms with Crippen LogP contribution in [0.5, 0.6) is 0 Å². The molecule has 0 N–H and O–H groups in total. The molecule has 1 aliphatic rings. The molecule has 0 bridgehead atoms. The molecule has 4 nitrogen and oxygen atoms in total. The maximum absolute atomic E-state index is 12.5. The number of rotatable bonds is 1. The Hall–Kier alpha value is -1.11. The van der Waals surface area contributed by atoms with E-state index in [-0.39, 0.29) is 11.8 Å². The summed E-state index contributed by atoms with van der Waals surface area (Å²) < 4.78 is 1.08. The van der Waals surface area contributed by atoms with Gasteiger partial charge in [0.15, 0.2) is 0 Å². The van der Waals surface area contributed by atoms with Crippen molar-refractivity contribution in [1.82, 2.24) is 9.80 Å². The van der Waals surface area contributed by atoms with Crippen molar-refractivity contribution in [3.63, 3.8) is 0 Å². The molecule has 106 valence electrons. The molecule has 3 rings (SSSR count). The van der Waals surface area contributed by atoms with Gasteiger partial charge in [0.05, 0.1) is 9.04 Å². The lowest BCUT2D eigenvalue weighted by molar-refractivity contribution is -0.130. The first-order chi connectivity index (χ1) is 9.58. The van der Waals surface area contributed by atoms with Gasteiger partial charge in [0.25, 0.3) is 5.91 Å². The Balaban J connectivity index is 1.78. The van der Waals surface area contributed by atoms with Crippen LogP contribution in [0.3, 0.4) is 0 Å². The fourth-order valence-corrected chi connectivity index (χ4v) is 4.88. The second kappa shape index (κ2) is 5.35. The van der Waals surface area contributed by atoms with Gasteiger partial charge >= 0.3 is 0 Å². The van der Waals surface area contributed by atoms with Crippen molar-refractivity contribution in [2.45, 2.75) is 6.92 Å². The molecule has 2 amide bonds. The van der Waals surface area contributed by atoms with E-state index in [1.54, 1.807) is 28.1 Å². The Morgan fingerprint density at radius 3 is 2.45 bits per heavy atom. The van der Waals surface area contributed by atoms with Crippen LogP contribution in [-0.2, 0) is 4.79 Å². The summed E-state index contributed by atoms with van der Waals surface area (Å²) in [6.07, 6.45) is 0. The van der Waals surface area contributed by atoms with Crippen molar-refractivity contribution in [2.24, 2.45) is 0 Å². The normalized spacial score (nSPS) is 15.9. The molecule has 1 aliphatic heterocycles. The summed E-state index contributed by atoms with van der Waals surface area (Å²) in [5.41, 5.74) is 0. The molecular weight excluding hydrogens is 316 g/mol. The number of fused-ring (bicyclic) bond motifs is 1. The Kier molecular flexibility index (Phi) is 3.70. The summed E-state index contributed by atoms with van der Waals surface area (Å²) >= 11 is 9.35. The minimum atomic E-state index is -0.0217. The monoisotopic (exact) mass is 328 g/mol. The third-order valence-electron chi connectivity index (χ3n) is 3.47. The number of carbonyl (C=O) groups is 2. The smallest absolute Gasteiger partial charge is 0.265 e. The van der Waals surface area contributed by atoms with E-state index in [1.807, 2.05) is 11.4 Å². The van der Waals surface area contributed by atoms with Gasteiger partial charge in [-0.1, -0.05) is 11.6 Å². The highest BCUT2D eigenvalue weighted by Crippen LogP contribution is 2.39. The van der Waals surface area contributed by atoms with Crippen LogP contribution in [0.4, 0.5) is 0 Å². The maximum atomic E-state index is 12.5. The van der Waals surface area contributed by atoms with Crippen LogP contribution in [0.2, 0.25) is 5.02 Å². The van der Waals surface area contributed by atoms with Crippen LogP contribution in [0.15, 0.2) is 11.4 Å². The zero-order chi connectivity index (χ0) is 14.3. The SMILES string of the molecule is CC(=O)N1CCN(C(=O)c2sc3sccc3c2Cl)CC1. The minimum absolute atomic E-state index is 0.0217. The lowest BCUT2D eigenvalue weighted by Gasteiger charge is -2.34. The van der Waals surface area contributed by atoms with E-state index in [9.17, 15) is 9.59 Å². The molecule has 2 aromatic heterocycles. The number of hydrogen-bond acceptors (Lipinski definition) is 4. The molecule has 0 aromatic carbocycles. The second-order valence-electron chi connectivity index (χ2n) is 4.67. The van der Waals surface area contributed by atoms with Crippen LogP contribution in [-0.4, -0.2) is 47.8 Å². The first kappa shape index (κ1) is 13.9. The third-order valence-corrected chi connectivity index (χ3v) is 6.20. The number of piperazine rings is 1. The van der Waals surface area contributed by atoms with Gasteiger partial charge in [-0.25, -0.2) is 0 Å². The van der Waals surface area contributed by atoms with E-state index in [2.05, 4.69) is 0 Å². The fraction of sp³-hybridized carbons (Fsp3) is 0.385. The summed E-state index contributed by atoms with van der Waals surface area (Å²) in [6, 6.07) is 1.95. The van der Waals surface area contributed by atoms with Gasteiger partial charge in [-0.3, -0.25) is 9.59 Å². The van der Waals surface area contributed by atoms with Crippen LogP contribution in [0.25, 0.3) is 9.40 Å². The van der Waals surface area contributed by atoms with E-state index in [1.165, 1.54) is 11.3 Å². The van der Waals surface area contributed by atoms with Crippen LogP contribution in [0.1, 0.15) is 16.6 Å². The van der Waals surface area contributed by atoms with Crippen molar-refractivity contribution in [3.05, 3.63) is 21.3 Å². The van der Waals surface area contributed by atoms with Crippen LogP contribution in [0, 0.1) is 0 Å². The van der Waals surface area contributed by atoms with Gasteiger partial charge < -0.3 is 9.80 Å². The summed E-state index contributed by atoms with van der Waals surface area (Å²) in [4.78, 5) is 28.0. The van der Waals surface area contributed by atoms with E-state index < -0.39 is 0 Å². The molecule has 2 aromatic rings. The third kappa shape index (κ3) is 2.32. The zero-order valence-corrected chi connectivity index (χ0v) is 13.3. The van der Waals surface area contributed by atoms with Crippen molar-refractivity contribution < 1.29 is 9.59 Å². The number of nitrogens with zero attached hydrogens (tertiary/aromatic N) is 2. The molecule has 0 unspecified atom stereocenters. The Labute approximate surface area is 129 Å². The maximum Gasteiger partial charge on any atom is 0.265 e. The number of thiophene rings is 2. The minimum Gasteiger partial charge on any atom is -0.339 e. The number of amides is 2. The molecule has 0 radical (unpaired) electrons. The lowest BCUT2D eigenvalue weighted by atomic mass is 10.2. The molecule has 20 heavy (non-hydrogen) atoms. The van der Waals surface area contributed by atoms with E-state index in [0.29, 0.717) is 36.1 Å². The number of carbonyl (C=O) groups excluding carboxylic acids is 2. The van der Waals surface area contributed by atoms with Crippen molar-refractivity contribution in [3.8, 4) is 0 Å². The van der Waals surface area contributed by atoms with Gasteiger partial charge in [-0.05, 0) is 11.4 Å². The number of hydrogen-bond donors (Lipinski definition) is 0. The fourth-order valence-electron chi connectivity index (χ4n) is 2.30. The average molecular weight is 329 g/mol. The molecule has 7 heteroatoms. The summed E-state index contributed by atoms with van der Waals surface area (Å²) in [7, 11) is 0. The van der Waals surface area contributed by atoms with Crippen molar-refractivity contribution in [2.75, 3.05) is 26.2 Å². The highest BCUT2D eigenvalue weighted by atomic mass is 35.5. The highest BCUT2D eigenvalue weighted by molar-refractivity contribution is 7.38.